The fourth-order valence-electron chi connectivity index (χ4n) is 2.22. The Labute approximate surface area is 120 Å². The van der Waals surface area contributed by atoms with Gasteiger partial charge in [-0.05, 0) is 45.7 Å². The third-order valence-corrected chi connectivity index (χ3v) is 3.65. The van der Waals surface area contributed by atoms with Crippen LogP contribution in [0.3, 0.4) is 0 Å². The molecule has 7 heteroatoms. The maximum absolute atomic E-state index is 11.9. The first-order valence-corrected chi connectivity index (χ1v) is 6.81. The van der Waals surface area contributed by atoms with Crippen LogP contribution in [0.4, 0.5) is 0 Å². The number of fused-ring (bicyclic) bond motifs is 1. The number of aryl methyl sites for hydroxylation is 1. The third kappa shape index (κ3) is 3.49. The first-order chi connectivity index (χ1) is 9.82. The molecule has 0 aliphatic carbocycles. The number of hydrogen-bond donors (Lipinski definition) is 3. The first kappa shape index (κ1) is 15.2. The minimum Gasteiger partial charge on any atom is -0.405 e. The van der Waals surface area contributed by atoms with E-state index in [1.807, 2.05) is 7.05 Å². The van der Waals surface area contributed by atoms with E-state index in [2.05, 4.69) is 29.1 Å². The van der Waals surface area contributed by atoms with E-state index in [0.717, 1.165) is 12.8 Å². The quantitative estimate of drug-likeness (QED) is 0.743. The average molecular weight is 293 g/mol. The van der Waals surface area contributed by atoms with Gasteiger partial charge in [-0.1, -0.05) is 0 Å². The van der Waals surface area contributed by atoms with E-state index in [9.17, 15) is 14.4 Å². The van der Waals surface area contributed by atoms with Gasteiger partial charge < -0.3 is 9.73 Å². The largest absolute Gasteiger partial charge is 0.405 e. The molecule has 21 heavy (non-hydrogen) atoms. The summed E-state index contributed by atoms with van der Waals surface area (Å²) in [5, 5.41) is 3.43. The molecule has 0 atom stereocenters. The molecule has 0 saturated heterocycles. The fourth-order valence-corrected chi connectivity index (χ4v) is 2.22. The monoisotopic (exact) mass is 293 g/mol. The average Bonchev–Trinajstić information content (AvgIpc) is 2.37. The van der Waals surface area contributed by atoms with Gasteiger partial charge in [-0.2, -0.15) is 0 Å². The molecule has 2 heterocycles. The summed E-state index contributed by atoms with van der Waals surface area (Å²) < 4.78 is 4.89. The topological polar surface area (TPSA) is 108 Å². The van der Waals surface area contributed by atoms with Crippen LogP contribution in [0.25, 0.3) is 11.1 Å². The van der Waals surface area contributed by atoms with E-state index in [-0.39, 0.29) is 16.6 Å². The highest BCUT2D eigenvalue weighted by molar-refractivity contribution is 5.75. The zero-order valence-corrected chi connectivity index (χ0v) is 12.3. The predicted molar refractivity (Wildman–Crippen MR) is 79.8 cm³/mol. The van der Waals surface area contributed by atoms with Crippen molar-refractivity contribution in [2.24, 2.45) is 0 Å². The maximum atomic E-state index is 11.9. The Balaban J connectivity index is 2.38. The standard InChI is InChI=1S/C14H19N3O4/c1-14(2,15-3)6-4-5-8-7-9(18)21-12-10(8)11(19)16-13(20)17-12/h7,15H,4-6H2,1-3H3,(H2,16,17,19,20). The van der Waals surface area contributed by atoms with Crippen molar-refractivity contribution in [3.8, 4) is 0 Å². The second-order valence-electron chi connectivity index (χ2n) is 5.69. The van der Waals surface area contributed by atoms with Crippen molar-refractivity contribution in [1.82, 2.24) is 15.3 Å². The molecule has 0 aromatic carbocycles. The van der Waals surface area contributed by atoms with Crippen molar-refractivity contribution in [1.29, 1.82) is 0 Å². The van der Waals surface area contributed by atoms with Gasteiger partial charge in [-0.15, -0.1) is 0 Å². The molecule has 114 valence electrons. The van der Waals surface area contributed by atoms with E-state index in [0.29, 0.717) is 12.0 Å². The van der Waals surface area contributed by atoms with E-state index in [1.165, 1.54) is 6.07 Å². The summed E-state index contributed by atoms with van der Waals surface area (Å²) in [7, 11) is 1.89. The van der Waals surface area contributed by atoms with Crippen LogP contribution in [0.15, 0.2) is 24.9 Å². The van der Waals surface area contributed by atoms with E-state index in [4.69, 9.17) is 4.42 Å². The zero-order valence-electron chi connectivity index (χ0n) is 12.3. The molecule has 3 N–H and O–H groups in total. The molecule has 0 aliphatic heterocycles. The van der Waals surface area contributed by atoms with Gasteiger partial charge in [0.15, 0.2) is 0 Å². The zero-order chi connectivity index (χ0) is 15.6. The maximum Gasteiger partial charge on any atom is 0.337 e. The second-order valence-corrected chi connectivity index (χ2v) is 5.69. The van der Waals surface area contributed by atoms with Crippen LogP contribution in [0.5, 0.6) is 0 Å². The molecular formula is C14H19N3O4. The molecule has 0 radical (unpaired) electrons. The van der Waals surface area contributed by atoms with Crippen molar-refractivity contribution in [2.45, 2.75) is 38.6 Å². The van der Waals surface area contributed by atoms with Crippen molar-refractivity contribution >= 4 is 11.1 Å². The summed E-state index contributed by atoms with van der Waals surface area (Å²) in [6, 6.07) is 1.31. The van der Waals surface area contributed by atoms with E-state index >= 15 is 0 Å². The highest BCUT2D eigenvalue weighted by Gasteiger charge is 2.15. The molecular weight excluding hydrogens is 274 g/mol. The molecule has 0 spiro atoms. The summed E-state index contributed by atoms with van der Waals surface area (Å²) >= 11 is 0. The van der Waals surface area contributed by atoms with Gasteiger partial charge in [0.1, 0.15) is 5.39 Å². The van der Waals surface area contributed by atoms with Gasteiger partial charge in [0, 0.05) is 11.6 Å². The number of aromatic nitrogens is 2. The first-order valence-electron chi connectivity index (χ1n) is 6.81. The Morgan fingerprint density at radius 2 is 1.95 bits per heavy atom. The molecule has 0 aliphatic rings. The van der Waals surface area contributed by atoms with Crippen LogP contribution in [-0.4, -0.2) is 22.6 Å². The summed E-state index contributed by atoms with van der Waals surface area (Å²) in [6.45, 7) is 4.16. The summed E-state index contributed by atoms with van der Waals surface area (Å²) in [4.78, 5) is 39.1. The predicted octanol–water partition coefficient (Wildman–Crippen LogP) is 0.490. The Hall–Kier alpha value is -2.15. The van der Waals surface area contributed by atoms with Crippen molar-refractivity contribution < 1.29 is 4.42 Å². The molecule has 0 fully saturated rings. The Morgan fingerprint density at radius 1 is 1.24 bits per heavy atom. The number of hydrogen-bond acceptors (Lipinski definition) is 5. The molecule has 0 amide bonds. The van der Waals surface area contributed by atoms with Crippen LogP contribution < -0.4 is 22.2 Å². The van der Waals surface area contributed by atoms with E-state index < -0.39 is 16.9 Å². The van der Waals surface area contributed by atoms with Crippen LogP contribution in [0.1, 0.15) is 32.3 Å². The fraction of sp³-hybridized carbons (Fsp3) is 0.500. The van der Waals surface area contributed by atoms with Gasteiger partial charge in [0.05, 0.1) is 0 Å². The van der Waals surface area contributed by atoms with Crippen LogP contribution in [0, 0.1) is 0 Å². The molecule has 0 bridgehead atoms. The van der Waals surface area contributed by atoms with Gasteiger partial charge >= 0.3 is 11.3 Å². The highest BCUT2D eigenvalue weighted by atomic mass is 16.4. The lowest BCUT2D eigenvalue weighted by atomic mass is 9.95. The molecule has 0 saturated carbocycles. The smallest absolute Gasteiger partial charge is 0.337 e. The summed E-state index contributed by atoms with van der Waals surface area (Å²) in [5.41, 5.74) is -1.31. The van der Waals surface area contributed by atoms with Crippen LogP contribution in [-0.2, 0) is 6.42 Å². The normalized spacial score (nSPS) is 12.0. The van der Waals surface area contributed by atoms with Crippen molar-refractivity contribution in [3.05, 3.63) is 42.9 Å². The lowest BCUT2D eigenvalue weighted by Crippen LogP contribution is -2.36. The minimum absolute atomic E-state index is 0.0179. The number of nitrogens with one attached hydrogen (secondary N) is 3. The number of aromatic amines is 2. The van der Waals surface area contributed by atoms with Crippen LogP contribution >= 0.6 is 0 Å². The van der Waals surface area contributed by atoms with Gasteiger partial charge in [-0.25, -0.2) is 9.59 Å². The Bertz CT molecular complexity index is 808. The van der Waals surface area contributed by atoms with Crippen molar-refractivity contribution in [2.75, 3.05) is 7.05 Å². The Morgan fingerprint density at radius 3 is 2.62 bits per heavy atom. The van der Waals surface area contributed by atoms with E-state index in [1.54, 1.807) is 0 Å². The van der Waals surface area contributed by atoms with Gasteiger partial charge in [0.25, 0.3) is 5.56 Å². The third-order valence-electron chi connectivity index (χ3n) is 3.65. The lowest BCUT2D eigenvalue weighted by Gasteiger charge is -2.23. The molecule has 2 rings (SSSR count). The van der Waals surface area contributed by atoms with Crippen molar-refractivity contribution in [3.63, 3.8) is 0 Å². The number of H-pyrrole nitrogens is 2. The highest BCUT2D eigenvalue weighted by Crippen LogP contribution is 2.16. The second kappa shape index (κ2) is 5.69. The lowest BCUT2D eigenvalue weighted by molar-refractivity contribution is 0.382. The van der Waals surface area contributed by atoms with Gasteiger partial charge in [-0.3, -0.25) is 14.8 Å². The summed E-state index contributed by atoms with van der Waals surface area (Å²) in [5.74, 6) is 0. The van der Waals surface area contributed by atoms with Crippen LogP contribution in [0.2, 0.25) is 0 Å². The molecule has 7 nitrogen and oxygen atoms in total. The molecule has 2 aromatic rings. The minimum atomic E-state index is -0.691. The number of rotatable bonds is 5. The SMILES string of the molecule is CNC(C)(C)CCCc1cc(=O)oc2[nH]c(=O)[nH]c(=O)c12. The molecule has 2 aromatic heterocycles. The Kier molecular flexibility index (Phi) is 4.13. The summed E-state index contributed by atoms with van der Waals surface area (Å²) in [6.07, 6.45) is 2.24. The molecule has 0 unspecified atom stereocenters. The van der Waals surface area contributed by atoms with Gasteiger partial charge in [0.2, 0.25) is 5.71 Å².